The lowest BCUT2D eigenvalue weighted by molar-refractivity contribution is -0.124. The number of carbonyl (C=O) groups is 1. The van der Waals surface area contributed by atoms with Crippen LogP contribution in [0.3, 0.4) is 0 Å². The molecule has 3 rings (SSSR count). The smallest absolute Gasteiger partial charge is 0.271 e. The Hall–Kier alpha value is -2.16. The second-order valence-corrected chi connectivity index (χ2v) is 4.47. The van der Waals surface area contributed by atoms with Gasteiger partial charge in [-0.05, 0) is 18.6 Å². The molecule has 1 amide bonds. The van der Waals surface area contributed by atoms with E-state index in [2.05, 4.69) is 5.32 Å². The first-order valence-corrected chi connectivity index (χ1v) is 5.80. The lowest BCUT2D eigenvalue weighted by Gasteiger charge is -2.20. The summed E-state index contributed by atoms with van der Waals surface area (Å²) < 4.78 is 15.3. The molecular formula is C15H12FNO. The van der Waals surface area contributed by atoms with E-state index in [0.717, 1.165) is 5.56 Å². The summed E-state index contributed by atoms with van der Waals surface area (Å²) >= 11 is 0. The third kappa shape index (κ3) is 1.30. The quantitative estimate of drug-likeness (QED) is 0.816. The number of alkyl halides is 1. The molecule has 0 aromatic heterocycles. The maximum Gasteiger partial charge on any atom is 0.271 e. The van der Waals surface area contributed by atoms with Crippen molar-refractivity contribution in [1.82, 2.24) is 0 Å². The van der Waals surface area contributed by atoms with E-state index in [4.69, 9.17) is 0 Å². The molecule has 0 radical (unpaired) electrons. The zero-order valence-corrected chi connectivity index (χ0v) is 9.91. The van der Waals surface area contributed by atoms with Gasteiger partial charge in [0, 0.05) is 16.8 Å². The number of carbonyl (C=O) groups excluding carboxylic acids is 1. The van der Waals surface area contributed by atoms with Gasteiger partial charge in [-0.25, -0.2) is 4.39 Å². The highest BCUT2D eigenvalue weighted by Crippen LogP contribution is 2.44. The number of hydrogen-bond donors (Lipinski definition) is 1. The molecule has 1 atom stereocenters. The fraction of sp³-hybridized carbons (Fsp3) is 0.133. The Morgan fingerprint density at radius 1 is 1.00 bits per heavy atom. The lowest BCUT2D eigenvalue weighted by Crippen LogP contribution is -2.31. The standard InChI is InChI=1S/C15H12FNO/c1-10-6-2-3-7-11(10)15(16)12-8-4-5-9-13(12)17-14(15)18/h2-9H,1H3,(H,17,18). The number of fused-ring (bicyclic) bond motifs is 1. The largest absolute Gasteiger partial charge is 0.322 e. The minimum atomic E-state index is -2.08. The van der Waals surface area contributed by atoms with Crippen molar-refractivity contribution in [2.75, 3.05) is 5.32 Å². The highest BCUT2D eigenvalue weighted by molar-refractivity contribution is 6.07. The summed E-state index contributed by atoms with van der Waals surface area (Å²) in [5, 5.41) is 2.60. The van der Waals surface area contributed by atoms with Crippen molar-refractivity contribution in [2.45, 2.75) is 12.6 Å². The van der Waals surface area contributed by atoms with Crippen LogP contribution in [0.2, 0.25) is 0 Å². The molecule has 1 heterocycles. The van der Waals surface area contributed by atoms with Crippen LogP contribution in [-0.4, -0.2) is 5.91 Å². The van der Waals surface area contributed by atoms with Gasteiger partial charge < -0.3 is 5.32 Å². The van der Waals surface area contributed by atoms with Crippen molar-refractivity contribution in [1.29, 1.82) is 0 Å². The minimum absolute atomic E-state index is 0.393. The van der Waals surface area contributed by atoms with Crippen molar-refractivity contribution in [3.63, 3.8) is 0 Å². The van der Waals surface area contributed by atoms with Gasteiger partial charge in [-0.15, -0.1) is 0 Å². The first-order chi connectivity index (χ1) is 8.64. The summed E-state index contributed by atoms with van der Waals surface area (Å²) in [6.45, 7) is 1.81. The van der Waals surface area contributed by atoms with Gasteiger partial charge in [0.15, 0.2) is 0 Å². The highest BCUT2D eigenvalue weighted by Gasteiger charge is 2.49. The summed E-state index contributed by atoms with van der Waals surface area (Å²) in [7, 11) is 0. The number of rotatable bonds is 1. The van der Waals surface area contributed by atoms with Gasteiger partial charge in [-0.1, -0.05) is 42.5 Å². The van der Waals surface area contributed by atoms with Crippen LogP contribution in [0.1, 0.15) is 16.7 Å². The maximum absolute atomic E-state index is 15.3. The predicted octanol–water partition coefficient (Wildman–Crippen LogP) is 3.16. The molecule has 18 heavy (non-hydrogen) atoms. The molecule has 0 saturated carbocycles. The Kier molecular flexibility index (Phi) is 2.23. The van der Waals surface area contributed by atoms with E-state index in [1.807, 2.05) is 19.1 Å². The Balaban J connectivity index is 2.27. The van der Waals surface area contributed by atoms with Crippen molar-refractivity contribution >= 4 is 11.6 Å². The van der Waals surface area contributed by atoms with Crippen molar-refractivity contribution in [3.05, 3.63) is 65.2 Å². The number of amides is 1. The minimum Gasteiger partial charge on any atom is -0.322 e. The van der Waals surface area contributed by atoms with Crippen LogP contribution in [0.15, 0.2) is 48.5 Å². The summed E-state index contributed by atoms with van der Waals surface area (Å²) in [6.07, 6.45) is 0. The van der Waals surface area contributed by atoms with Gasteiger partial charge in [0.1, 0.15) is 0 Å². The summed E-state index contributed by atoms with van der Waals surface area (Å²) in [5.41, 5.74) is 0.0407. The van der Waals surface area contributed by atoms with Crippen LogP contribution in [0, 0.1) is 6.92 Å². The molecule has 0 bridgehead atoms. The molecule has 0 saturated heterocycles. The van der Waals surface area contributed by atoms with E-state index in [1.165, 1.54) is 0 Å². The first-order valence-electron chi connectivity index (χ1n) is 5.80. The molecule has 2 nitrogen and oxygen atoms in total. The normalized spacial score (nSPS) is 21.6. The van der Waals surface area contributed by atoms with E-state index in [1.54, 1.807) is 36.4 Å². The monoisotopic (exact) mass is 241 g/mol. The third-order valence-corrected chi connectivity index (χ3v) is 3.38. The van der Waals surface area contributed by atoms with Gasteiger partial charge >= 0.3 is 0 Å². The number of benzene rings is 2. The average molecular weight is 241 g/mol. The average Bonchev–Trinajstić information content (AvgIpc) is 2.63. The number of anilines is 1. The van der Waals surface area contributed by atoms with Crippen LogP contribution < -0.4 is 5.32 Å². The molecule has 1 unspecified atom stereocenters. The number of halogens is 1. The summed E-state index contributed by atoms with van der Waals surface area (Å²) in [5.74, 6) is -0.613. The first kappa shape index (κ1) is 11.0. The maximum atomic E-state index is 15.3. The zero-order chi connectivity index (χ0) is 12.8. The van der Waals surface area contributed by atoms with Gasteiger partial charge in [0.25, 0.3) is 5.91 Å². The number of hydrogen-bond acceptors (Lipinski definition) is 1. The molecule has 2 aromatic carbocycles. The Labute approximate surface area is 104 Å². The van der Waals surface area contributed by atoms with Crippen LogP contribution in [0.25, 0.3) is 0 Å². The van der Waals surface area contributed by atoms with Crippen molar-refractivity contribution in [2.24, 2.45) is 0 Å². The molecule has 2 aromatic rings. The molecule has 1 aliphatic heterocycles. The molecule has 3 heteroatoms. The van der Waals surface area contributed by atoms with Gasteiger partial charge in [0.05, 0.1) is 0 Å². The molecule has 0 aliphatic carbocycles. The van der Waals surface area contributed by atoms with Crippen LogP contribution in [0.4, 0.5) is 10.1 Å². The Bertz CT molecular complexity index is 638. The van der Waals surface area contributed by atoms with Crippen molar-refractivity contribution in [3.8, 4) is 0 Å². The number of para-hydroxylation sites is 1. The Morgan fingerprint density at radius 3 is 2.33 bits per heavy atom. The number of aryl methyl sites for hydroxylation is 1. The van der Waals surface area contributed by atoms with Crippen LogP contribution >= 0.6 is 0 Å². The second-order valence-electron chi connectivity index (χ2n) is 4.47. The van der Waals surface area contributed by atoms with E-state index in [0.29, 0.717) is 16.8 Å². The molecule has 1 aliphatic rings. The predicted molar refractivity (Wildman–Crippen MR) is 68.1 cm³/mol. The van der Waals surface area contributed by atoms with Crippen LogP contribution in [0.5, 0.6) is 0 Å². The van der Waals surface area contributed by atoms with Crippen LogP contribution in [-0.2, 0) is 10.5 Å². The lowest BCUT2D eigenvalue weighted by atomic mass is 9.86. The van der Waals surface area contributed by atoms with E-state index >= 15 is 4.39 Å². The van der Waals surface area contributed by atoms with Crippen molar-refractivity contribution < 1.29 is 9.18 Å². The molecule has 1 N–H and O–H groups in total. The third-order valence-electron chi connectivity index (χ3n) is 3.38. The van der Waals surface area contributed by atoms with E-state index in [-0.39, 0.29) is 0 Å². The molecule has 0 fully saturated rings. The SMILES string of the molecule is Cc1ccccc1C1(F)C(=O)Nc2ccccc21. The Morgan fingerprint density at radius 2 is 1.61 bits per heavy atom. The van der Waals surface area contributed by atoms with E-state index < -0.39 is 11.6 Å². The van der Waals surface area contributed by atoms with E-state index in [9.17, 15) is 4.79 Å². The summed E-state index contributed by atoms with van der Waals surface area (Å²) in [6, 6.07) is 13.9. The van der Waals surface area contributed by atoms with Gasteiger partial charge in [-0.2, -0.15) is 0 Å². The highest BCUT2D eigenvalue weighted by atomic mass is 19.1. The fourth-order valence-corrected chi connectivity index (χ4v) is 2.45. The molecule has 90 valence electrons. The zero-order valence-electron chi connectivity index (χ0n) is 9.91. The molecule has 0 spiro atoms. The topological polar surface area (TPSA) is 29.1 Å². The van der Waals surface area contributed by atoms with Gasteiger partial charge in [0.2, 0.25) is 5.67 Å². The molecular weight excluding hydrogens is 229 g/mol. The number of nitrogens with one attached hydrogen (secondary N) is 1. The fourth-order valence-electron chi connectivity index (χ4n) is 2.45. The summed E-state index contributed by atoms with van der Waals surface area (Å²) in [4.78, 5) is 12.0. The van der Waals surface area contributed by atoms with Gasteiger partial charge in [-0.3, -0.25) is 4.79 Å². The second kappa shape index (κ2) is 3.67.